The fraction of sp³-hybridized carbons (Fsp3) is 0.200. The first-order valence-electron chi connectivity index (χ1n) is 5.82. The standard InChI is InChI=1S/C15H15ClFN/c1-10-4-3-5-11(2)13(10)9-18-12-6-7-14(16)15(17)8-12/h3-8,18H,9H2,1-2H3. The van der Waals surface area contributed by atoms with Crippen LogP contribution in [-0.4, -0.2) is 0 Å². The summed E-state index contributed by atoms with van der Waals surface area (Å²) in [6.45, 7) is 4.83. The van der Waals surface area contributed by atoms with Crippen molar-refractivity contribution >= 4 is 17.3 Å². The van der Waals surface area contributed by atoms with Gasteiger partial charge in [-0.2, -0.15) is 0 Å². The number of aryl methyl sites for hydroxylation is 2. The first-order chi connectivity index (χ1) is 8.58. The minimum Gasteiger partial charge on any atom is -0.381 e. The van der Waals surface area contributed by atoms with Crippen molar-refractivity contribution in [1.29, 1.82) is 0 Å². The van der Waals surface area contributed by atoms with Gasteiger partial charge in [-0.15, -0.1) is 0 Å². The van der Waals surface area contributed by atoms with Gasteiger partial charge in [0.1, 0.15) is 5.82 Å². The highest BCUT2D eigenvalue weighted by Crippen LogP contribution is 2.20. The average Bonchev–Trinajstić information content (AvgIpc) is 2.33. The quantitative estimate of drug-likeness (QED) is 0.846. The molecule has 2 aromatic carbocycles. The lowest BCUT2D eigenvalue weighted by atomic mass is 10.0. The maximum absolute atomic E-state index is 13.3. The fourth-order valence-corrected chi connectivity index (χ4v) is 2.04. The number of hydrogen-bond donors (Lipinski definition) is 1. The third kappa shape index (κ3) is 2.82. The molecule has 0 saturated heterocycles. The lowest BCUT2D eigenvalue weighted by Crippen LogP contribution is -2.03. The van der Waals surface area contributed by atoms with Crippen LogP contribution in [0.15, 0.2) is 36.4 Å². The first-order valence-corrected chi connectivity index (χ1v) is 6.20. The number of nitrogens with one attached hydrogen (secondary N) is 1. The molecule has 2 aromatic rings. The zero-order valence-electron chi connectivity index (χ0n) is 10.4. The molecule has 0 atom stereocenters. The van der Waals surface area contributed by atoms with Crippen molar-refractivity contribution in [2.45, 2.75) is 20.4 Å². The topological polar surface area (TPSA) is 12.0 Å². The number of hydrogen-bond acceptors (Lipinski definition) is 1. The van der Waals surface area contributed by atoms with Crippen molar-refractivity contribution in [3.63, 3.8) is 0 Å². The molecule has 0 radical (unpaired) electrons. The first kappa shape index (κ1) is 12.9. The van der Waals surface area contributed by atoms with Crippen molar-refractivity contribution in [2.24, 2.45) is 0 Å². The molecule has 0 aliphatic heterocycles. The average molecular weight is 264 g/mol. The van der Waals surface area contributed by atoms with Gasteiger partial charge in [0.05, 0.1) is 5.02 Å². The smallest absolute Gasteiger partial charge is 0.143 e. The van der Waals surface area contributed by atoms with Crippen LogP contribution in [0.2, 0.25) is 5.02 Å². The van der Waals surface area contributed by atoms with Crippen LogP contribution in [-0.2, 0) is 6.54 Å². The van der Waals surface area contributed by atoms with Crippen LogP contribution < -0.4 is 5.32 Å². The molecule has 0 saturated carbocycles. The number of benzene rings is 2. The second kappa shape index (κ2) is 5.40. The fourth-order valence-electron chi connectivity index (χ4n) is 1.92. The minimum atomic E-state index is -0.400. The molecule has 0 heterocycles. The Morgan fingerprint density at radius 2 is 1.78 bits per heavy atom. The van der Waals surface area contributed by atoms with E-state index in [-0.39, 0.29) is 5.02 Å². The van der Waals surface area contributed by atoms with E-state index >= 15 is 0 Å². The Hall–Kier alpha value is -1.54. The Labute approximate surface area is 112 Å². The van der Waals surface area contributed by atoms with E-state index in [1.54, 1.807) is 12.1 Å². The number of halogens is 2. The summed E-state index contributed by atoms with van der Waals surface area (Å²) in [7, 11) is 0. The Kier molecular flexibility index (Phi) is 3.87. The van der Waals surface area contributed by atoms with Crippen molar-refractivity contribution < 1.29 is 4.39 Å². The van der Waals surface area contributed by atoms with Gasteiger partial charge in [0.15, 0.2) is 0 Å². The Morgan fingerprint density at radius 1 is 1.11 bits per heavy atom. The molecule has 0 aliphatic carbocycles. The zero-order chi connectivity index (χ0) is 13.1. The summed E-state index contributed by atoms with van der Waals surface area (Å²) in [6, 6.07) is 10.9. The van der Waals surface area contributed by atoms with Gasteiger partial charge in [-0.25, -0.2) is 4.39 Å². The van der Waals surface area contributed by atoms with Crippen LogP contribution in [0.3, 0.4) is 0 Å². The molecule has 1 N–H and O–H groups in total. The van der Waals surface area contributed by atoms with Gasteiger partial charge in [0.2, 0.25) is 0 Å². The zero-order valence-corrected chi connectivity index (χ0v) is 11.2. The summed E-state index contributed by atoms with van der Waals surface area (Å²) in [5, 5.41) is 3.36. The molecule has 0 fully saturated rings. The molecule has 1 nitrogen and oxygen atoms in total. The highest BCUT2D eigenvalue weighted by atomic mass is 35.5. The molecule has 94 valence electrons. The second-order valence-electron chi connectivity index (χ2n) is 4.35. The predicted molar refractivity (Wildman–Crippen MR) is 74.7 cm³/mol. The SMILES string of the molecule is Cc1cccc(C)c1CNc1ccc(Cl)c(F)c1. The molecule has 0 bridgehead atoms. The lowest BCUT2D eigenvalue weighted by molar-refractivity contribution is 0.628. The van der Waals surface area contributed by atoms with Gasteiger partial charge in [-0.05, 0) is 48.7 Å². The van der Waals surface area contributed by atoms with Gasteiger partial charge in [0, 0.05) is 12.2 Å². The minimum absolute atomic E-state index is 0.146. The predicted octanol–water partition coefficient (Wildman–Crippen LogP) is 4.71. The summed E-state index contributed by atoms with van der Waals surface area (Å²) in [5.41, 5.74) is 4.45. The van der Waals surface area contributed by atoms with Crippen LogP contribution in [0.1, 0.15) is 16.7 Å². The van der Waals surface area contributed by atoms with E-state index in [1.165, 1.54) is 22.8 Å². The molecule has 0 unspecified atom stereocenters. The van der Waals surface area contributed by atoms with Gasteiger partial charge in [-0.1, -0.05) is 29.8 Å². The normalized spacial score (nSPS) is 10.4. The lowest BCUT2D eigenvalue weighted by Gasteiger charge is -2.12. The van der Waals surface area contributed by atoms with E-state index in [9.17, 15) is 4.39 Å². The molecule has 18 heavy (non-hydrogen) atoms. The third-order valence-corrected chi connectivity index (χ3v) is 3.34. The summed E-state index contributed by atoms with van der Waals surface area (Å²) in [5.74, 6) is -0.400. The summed E-state index contributed by atoms with van der Waals surface area (Å²) in [6.07, 6.45) is 0. The van der Waals surface area contributed by atoms with Crippen molar-refractivity contribution in [3.8, 4) is 0 Å². The number of rotatable bonds is 3. The highest BCUT2D eigenvalue weighted by molar-refractivity contribution is 6.30. The van der Waals surface area contributed by atoms with Gasteiger partial charge in [0.25, 0.3) is 0 Å². The molecule has 0 aliphatic rings. The summed E-state index contributed by atoms with van der Waals surface area (Å²) >= 11 is 5.65. The number of anilines is 1. The summed E-state index contributed by atoms with van der Waals surface area (Å²) in [4.78, 5) is 0. The third-order valence-electron chi connectivity index (χ3n) is 3.03. The van der Waals surface area contributed by atoms with E-state index in [2.05, 4.69) is 31.3 Å². The molecular formula is C15H15ClFN. The molecule has 3 heteroatoms. The molecule has 0 spiro atoms. The van der Waals surface area contributed by atoms with Crippen LogP contribution in [0, 0.1) is 19.7 Å². The molecule has 0 amide bonds. The van der Waals surface area contributed by atoms with Crippen molar-refractivity contribution in [3.05, 3.63) is 63.9 Å². The Morgan fingerprint density at radius 3 is 2.39 bits per heavy atom. The van der Waals surface area contributed by atoms with E-state index < -0.39 is 5.82 Å². The maximum atomic E-state index is 13.3. The maximum Gasteiger partial charge on any atom is 0.143 e. The Bertz CT molecular complexity index is 546. The van der Waals surface area contributed by atoms with Crippen LogP contribution >= 0.6 is 11.6 Å². The van der Waals surface area contributed by atoms with E-state index in [1.807, 2.05) is 6.07 Å². The summed E-state index contributed by atoms with van der Waals surface area (Å²) < 4.78 is 13.3. The van der Waals surface area contributed by atoms with E-state index in [0.29, 0.717) is 6.54 Å². The molecular weight excluding hydrogens is 249 g/mol. The molecule has 2 rings (SSSR count). The van der Waals surface area contributed by atoms with Gasteiger partial charge in [-0.3, -0.25) is 0 Å². The van der Waals surface area contributed by atoms with Gasteiger partial charge >= 0.3 is 0 Å². The van der Waals surface area contributed by atoms with E-state index in [0.717, 1.165) is 5.69 Å². The van der Waals surface area contributed by atoms with Crippen LogP contribution in [0.5, 0.6) is 0 Å². The van der Waals surface area contributed by atoms with Crippen LogP contribution in [0.25, 0.3) is 0 Å². The second-order valence-corrected chi connectivity index (χ2v) is 4.76. The van der Waals surface area contributed by atoms with E-state index in [4.69, 9.17) is 11.6 Å². The molecule has 0 aromatic heterocycles. The largest absolute Gasteiger partial charge is 0.381 e. The van der Waals surface area contributed by atoms with Crippen LogP contribution in [0.4, 0.5) is 10.1 Å². The highest BCUT2D eigenvalue weighted by Gasteiger charge is 2.04. The van der Waals surface area contributed by atoms with Gasteiger partial charge < -0.3 is 5.32 Å². The Balaban J connectivity index is 2.14. The van der Waals surface area contributed by atoms with Crippen molar-refractivity contribution in [2.75, 3.05) is 5.32 Å². The van der Waals surface area contributed by atoms with Crippen molar-refractivity contribution in [1.82, 2.24) is 0 Å². The monoisotopic (exact) mass is 263 g/mol.